The highest BCUT2D eigenvalue weighted by Crippen LogP contribution is 2.30. The van der Waals surface area contributed by atoms with E-state index in [-0.39, 0.29) is 4.90 Å². The molecule has 0 aliphatic carbocycles. The molecule has 0 atom stereocenters. The van der Waals surface area contributed by atoms with Gasteiger partial charge >= 0.3 is 0 Å². The van der Waals surface area contributed by atoms with Gasteiger partial charge in [-0.3, -0.25) is 4.72 Å². The molecule has 1 aliphatic heterocycles. The molecule has 2 N–H and O–H groups in total. The summed E-state index contributed by atoms with van der Waals surface area (Å²) in [7, 11) is -0.847. The number of sulfonamides is 1. The largest absolute Gasteiger partial charge is 0.493 e. The van der Waals surface area contributed by atoms with Gasteiger partial charge in [-0.15, -0.1) is 0 Å². The quantitative estimate of drug-likeness (QED) is 0.511. The van der Waals surface area contributed by atoms with Crippen LogP contribution in [-0.4, -0.2) is 45.7 Å². The van der Waals surface area contributed by atoms with Crippen LogP contribution in [-0.2, 0) is 10.0 Å². The third-order valence-corrected chi connectivity index (χ3v) is 6.71. The fraction of sp³-hybridized carbons (Fsp3) is 0.304. The molecule has 1 aliphatic rings. The first-order chi connectivity index (χ1) is 15.9. The number of hydrogen-bond donors (Lipinski definition) is 2. The minimum atomic E-state index is -3.80. The molecule has 0 amide bonds. The van der Waals surface area contributed by atoms with Gasteiger partial charge in [-0.25, -0.2) is 13.4 Å². The van der Waals surface area contributed by atoms with Crippen LogP contribution in [0.4, 0.5) is 23.1 Å². The van der Waals surface area contributed by atoms with E-state index in [1.54, 1.807) is 30.3 Å². The highest BCUT2D eigenvalue weighted by Gasteiger charge is 2.18. The highest BCUT2D eigenvalue weighted by molar-refractivity contribution is 7.92. The number of ether oxygens (including phenoxy) is 2. The zero-order valence-electron chi connectivity index (χ0n) is 18.8. The van der Waals surface area contributed by atoms with E-state index < -0.39 is 10.0 Å². The van der Waals surface area contributed by atoms with Gasteiger partial charge in [-0.2, -0.15) is 4.98 Å². The van der Waals surface area contributed by atoms with E-state index in [9.17, 15) is 8.42 Å². The lowest BCUT2D eigenvalue weighted by atomic mass is 10.3. The van der Waals surface area contributed by atoms with Crippen LogP contribution >= 0.6 is 0 Å². The maximum absolute atomic E-state index is 12.8. The standard InChI is InChI=1S/C23H27N5O4S/c1-16-14-22(28-12-4-5-13-28)26-23(24-16)25-17-6-8-18(9-7-17)27-33(29,30)19-10-11-20(31-2)21(15-19)32-3/h6-11,14-15,27H,4-5,12-13H2,1-3H3,(H,24,25,26). The van der Waals surface area contributed by atoms with Gasteiger partial charge in [-0.1, -0.05) is 0 Å². The van der Waals surface area contributed by atoms with Gasteiger partial charge in [0.2, 0.25) is 5.95 Å². The summed E-state index contributed by atoms with van der Waals surface area (Å²) >= 11 is 0. The molecule has 10 heteroatoms. The van der Waals surface area contributed by atoms with E-state index in [0.29, 0.717) is 23.1 Å². The first kappa shape index (κ1) is 22.7. The van der Waals surface area contributed by atoms with E-state index in [0.717, 1.165) is 30.3 Å². The molecular formula is C23H27N5O4S. The molecule has 1 aromatic heterocycles. The predicted octanol–water partition coefficient (Wildman–Crippen LogP) is 3.95. The molecule has 4 rings (SSSR count). The molecule has 0 unspecified atom stereocenters. The predicted molar refractivity (Wildman–Crippen MR) is 128 cm³/mol. The topological polar surface area (TPSA) is 106 Å². The number of nitrogens with one attached hydrogen (secondary N) is 2. The molecule has 0 spiro atoms. The monoisotopic (exact) mass is 469 g/mol. The Bertz CT molecular complexity index is 1230. The summed E-state index contributed by atoms with van der Waals surface area (Å²) < 4.78 is 38.5. The third kappa shape index (κ3) is 5.28. The average molecular weight is 470 g/mol. The van der Waals surface area contributed by atoms with Crippen LogP contribution < -0.4 is 24.4 Å². The van der Waals surface area contributed by atoms with E-state index in [4.69, 9.17) is 9.47 Å². The van der Waals surface area contributed by atoms with Crippen LogP contribution in [0.5, 0.6) is 11.5 Å². The van der Waals surface area contributed by atoms with Crippen molar-refractivity contribution in [2.24, 2.45) is 0 Å². The van der Waals surface area contributed by atoms with Crippen LogP contribution in [0.2, 0.25) is 0 Å². The Balaban J connectivity index is 1.47. The fourth-order valence-electron chi connectivity index (χ4n) is 3.66. The summed E-state index contributed by atoms with van der Waals surface area (Å²) in [6.07, 6.45) is 2.35. The SMILES string of the molecule is COc1ccc(S(=O)(=O)Nc2ccc(Nc3nc(C)cc(N4CCCC4)n3)cc2)cc1OC. The first-order valence-electron chi connectivity index (χ1n) is 10.6. The molecule has 1 fully saturated rings. The normalized spacial score (nSPS) is 13.6. The zero-order valence-corrected chi connectivity index (χ0v) is 19.6. The van der Waals surface area contributed by atoms with Crippen molar-refractivity contribution in [2.45, 2.75) is 24.7 Å². The Morgan fingerprint density at radius 1 is 0.879 bits per heavy atom. The summed E-state index contributed by atoms with van der Waals surface area (Å²) in [5, 5.41) is 3.20. The number of nitrogens with zero attached hydrogens (tertiary/aromatic N) is 3. The zero-order chi connectivity index (χ0) is 23.4. The van der Waals surface area contributed by atoms with Gasteiger partial charge in [0.05, 0.1) is 19.1 Å². The van der Waals surface area contributed by atoms with Crippen LogP contribution in [0.25, 0.3) is 0 Å². The van der Waals surface area contributed by atoms with Crippen molar-refractivity contribution in [1.29, 1.82) is 0 Å². The summed E-state index contributed by atoms with van der Waals surface area (Å²) in [6, 6.07) is 13.3. The maximum Gasteiger partial charge on any atom is 0.262 e. The average Bonchev–Trinajstić information content (AvgIpc) is 3.34. The molecule has 33 heavy (non-hydrogen) atoms. The number of aryl methyl sites for hydroxylation is 1. The van der Waals surface area contributed by atoms with Crippen molar-refractivity contribution in [3.05, 3.63) is 54.2 Å². The summed E-state index contributed by atoms with van der Waals surface area (Å²) in [5.41, 5.74) is 2.06. The van der Waals surface area contributed by atoms with E-state index in [1.807, 2.05) is 13.0 Å². The first-order valence-corrected chi connectivity index (χ1v) is 12.1. The van der Waals surface area contributed by atoms with Crippen LogP contribution in [0.15, 0.2) is 53.4 Å². The van der Waals surface area contributed by atoms with Gasteiger partial charge < -0.3 is 19.7 Å². The second kappa shape index (κ2) is 9.53. The summed E-state index contributed by atoms with van der Waals surface area (Å²) in [6.45, 7) is 3.95. The number of anilines is 4. The van der Waals surface area contributed by atoms with Crippen molar-refractivity contribution >= 4 is 33.2 Å². The van der Waals surface area contributed by atoms with Crippen LogP contribution in [0.1, 0.15) is 18.5 Å². The summed E-state index contributed by atoms with van der Waals surface area (Å²) in [4.78, 5) is 11.4. The van der Waals surface area contributed by atoms with Crippen molar-refractivity contribution in [1.82, 2.24) is 9.97 Å². The van der Waals surface area contributed by atoms with Crippen molar-refractivity contribution < 1.29 is 17.9 Å². The Labute approximate surface area is 193 Å². The molecular weight excluding hydrogens is 442 g/mol. The van der Waals surface area contributed by atoms with Crippen molar-refractivity contribution in [3.63, 3.8) is 0 Å². The number of methoxy groups -OCH3 is 2. The van der Waals surface area contributed by atoms with Gasteiger partial charge in [0, 0.05) is 42.3 Å². The number of rotatable bonds is 8. The van der Waals surface area contributed by atoms with E-state index in [2.05, 4.69) is 24.9 Å². The Hall–Kier alpha value is -3.53. The smallest absolute Gasteiger partial charge is 0.262 e. The molecule has 0 radical (unpaired) electrons. The van der Waals surface area contributed by atoms with Gasteiger partial charge in [-0.05, 0) is 56.2 Å². The minimum Gasteiger partial charge on any atom is -0.493 e. The molecule has 174 valence electrons. The summed E-state index contributed by atoms with van der Waals surface area (Å²) in [5.74, 6) is 2.22. The second-order valence-corrected chi connectivity index (χ2v) is 9.39. The Kier molecular flexibility index (Phi) is 6.55. The lowest BCUT2D eigenvalue weighted by molar-refractivity contribution is 0.354. The molecule has 1 saturated heterocycles. The number of benzene rings is 2. The number of hydrogen-bond acceptors (Lipinski definition) is 8. The molecule has 0 bridgehead atoms. The van der Waals surface area contributed by atoms with E-state index >= 15 is 0 Å². The molecule has 2 heterocycles. The molecule has 9 nitrogen and oxygen atoms in total. The molecule has 2 aromatic carbocycles. The highest BCUT2D eigenvalue weighted by atomic mass is 32.2. The van der Waals surface area contributed by atoms with Crippen molar-refractivity contribution in [2.75, 3.05) is 42.2 Å². The number of aromatic nitrogens is 2. The lowest BCUT2D eigenvalue weighted by Crippen LogP contribution is -2.19. The Morgan fingerprint density at radius 2 is 1.55 bits per heavy atom. The van der Waals surface area contributed by atoms with Crippen molar-refractivity contribution in [3.8, 4) is 11.5 Å². The van der Waals surface area contributed by atoms with E-state index in [1.165, 1.54) is 39.2 Å². The third-order valence-electron chi connectivity index (χ3n) is 5.33. The van der Waals surface area contributed by atoms with Gasteiger partial charge in [0.25, 0.3) is 10.0 Å². The molecule has 3 aromatic rings. The lowest BCUT2D eigenvalue weighted by Gasteiger charge is -2.17. The molecule has 0 saturated carbocycles. The minimum absolute atomic E-state index is 0.0740. The van der Waals surface area contributed by atoms with Crippen LogP contribution in [0.3, 0.4) is 0 Å². The maximum atomic E-state index is 12.8. The van der Waals surface area contributed by atoms with Gasteiger partial charge in [0.1, 0.15) is 5.82 Å². The van der Waals surface area contributed by atoms with Gasteiger partial charge in [0.15, 0.2) is 11.5 Å². The second-order valence-electron chi connectivity index (χ2n) is 7.71. The fourth-order valence-corrected chi connectivity index (χ4v) is 4.74. The van der Waals surface area contributed by atoms with Crippen LogP contribution in [0, 0.1) is 6.92 Å². The Morgan fingerprint density at radius 3 is 2.21 bits per heavy atom.